The molecule has 1 atom stereocenters. The van der Waals surface area contributed by atoms with Crippen LogP contribution >= 0.6 is 34.7 Å². The van der Waals surface area contributed by atoms with E-state index < -0.39 is 0 Å². The summed E-state index contributed by atoms with van der Waals surface area (Å²) < 4.78 is 0. The first kappa shape index (κ1) is 22.3. The number of hydrogen-bond donors (Lipinski definition) is 1. The molecule has 7 heteroatoms. The highest BCUT2D eigenvalue weighted by Crippen LogP contribution is 2.43. The Bertz CT molecular complexity index is 1030. The number of nitrogens with one attached hydrogen (secondary N) is 1. The molecule has 2 aliphatic heterocycles. The van der Waals surface area contributed by atoms with Crippen molar-refractivity contribution in [3.8, 4) is 0 Å². The fraction of sp³-hybridized carbons (Fsp3) is 0.480. The summed E-state index contributed by atoms with van der Waals surface area (Å²) in [6.45, 7) is 7.91. The van der Waals surface area contributed by atoms with Crippen molar-refractivity contribution in [2.45, 2.75) is 31.9 Å². The summed E-state index contributed by atoms with van der Waals surface area (Å²) >= 11 is 9.75. The van der Waals surface area contributed by atoms with E-state index in [1.807, 2.05) is 29.5 Å². The topological polar surface area (TPSA) is 35.6 Å². The number of fused-ring (bicyclic) bond motifs is 3. The van der Waals surface area contributed by atoms with Gasteiger partial charge in [0.1, 0.15) is 0 Å². The average Bonchev–Trinajstić information content (AvgIpc) is 3.16. The van der Waals surface area contributed by atoms with Crippen molar-refractivity contribution in [3.05, 3.63) is 55.1 Å². The van der Waals surface area contributed by atoms with Crippen molar-refractivity contribution in [2.24, 2.45) is 5.92 Å². The van der Waals surface area contributed by atoms with Crippen molar-refractivity contribution in [1.29, 1.82) is 0 Å². The third-order valence-electron chi connectivity index (χ3n) is 6.77. The number of carbonyl (C=O) groups is 1. The summed E-state index contributed by atoms with van der Waals surface area (Å²) in [4.78, 5) is 21.3. The SMILES string of the molecule is C[C@H]1CCc2c(sc3c2CSC(C(=O)NCCN2CCN(c4cccc(Cl)c4)CC2)=C3)C1. The molecular formula is C25H30ClN3OS2. The summed E-state index contributed by atoms with van der Waals surface area (Å²) in [7, 11) is 0. The quantitative estimate of drug-likeness (QED) is 0.640. The zero-order valence-corrected chi connectivity index (χ0v) is 20.9. The van der Waals surface area contributed by atoms with Crippen LogP contribution in [0.3, 0.4) is 0 Å². The maximum Gasteiger partial charge on any atom is 0.257 e. The molecule has 0 unspecified atom stereocenters. The first-order valence-corrected chi connectivity index (χ1v) is 13.7. The summed E-state index contributed by atoms with van der Waals surface area (Å²) in [6.07, 6.45) is 5.85. The Morgan fingerprint density at radius 2 is 2.06 bits per heavy atom. The Kier molecular flexibility index (Phi) is 6.84. The molecule has 1 aliphatic carbocycles. The highest BCUT2D eigenvalue weighted by atomic mass is 35.5. The lowest BCUT2D eigenvalue weighted by Crippen LogP contribution is -2.48. The van der Waals surface area contributed by atoms with E-state index >= 15 is 0 Å². The number of nitrogens with zero attached hydrogens (tertiary/aromatic N) is 2. The summed E-state index contributed by atoms with van der Waals surface area (Å²) in [5, 5.41) is 3.94. The van der Waals surface area contributed by atoms with Crippen LogP contribution in [0.2, 0.25) is 5.02 Å². The molecule has 1 fully saturated rings. The predicted octanol–water partition coefficient (Wildman–Crippen LogP) is 5.05. The van der Waals surface area contributed by atoms with Gasteiger partial charge in [0, 0.05) is 65.5 Å². The van der Waals surface area contributed by atoms with Crippen molar-refractivity contribution in [3.63, 3.8) is 0 Å². The smallest absolute Gasteiger partial charge is 0.257 e. The van der Waals surface area contributed by atoms with Crippen molar-refractivity contribution in [1.82, 2.24) is 10.2 Å². The van der Waals surface area contributed by atoms with Gasteiger partial charge in [0.05, 0.1) is 4.91 Å². The van der Waals surface area contributed by atoms with E-state index in [2.05, 4.69) is 34.2 Å². The molecule has 0 bridgehead atoms. The predicted molar refractivity (Wildman–Crippen MR) is 138 cm³/mol. The molecule has 170 valence electrons. The molecular weight excluding hydrogens is 458 g/mol. The van der Waals surface area contributed by atoms with E-state index in [9.17, 15) is 4.79 Å². The highest BCUT2D eigenvalue weighted by molar-refractivity contribution is 8.03. The largest absolute Gasteiger partial charge is 0.369 e. The van der Waals surface area contributed by atoms with Crippen molar-refractivity contribution >= 4 is 52.4 Å². The summed E-state index contributed by atoms with van der Waals surface area (Å²) in [5.41, 5.74) is 4.27. The van der Waals surface area contributed by atoms with Crippen LogP contribution in [0.25, 0.3) is 6.08 Å². The molecule has 1 amide bonds. The molecule has 3 aliphatic rings. The number of piperazine rings is 1. The number of hydrogen-bond acceptors (Lipinski definition) is 5. The molecule has 0 radical (unpaired) electrons. The van der Waals surface area contributed by atoms with Gasteiger partial charge < -0.3 is 10.2 Å². The number of carbonyl (C=O) groups excluding carboxylic acids is 1. The van der Waals surface area contributed by atoms with Gasteiger partial charge in [0.2, 0.25) is 0 Å². The molecule has 1 aromatic heterocycles. The number of amides is 1. The van der Waals surface area contributed by atoms with Gasteiger partial charge in [-0.3, -0.25) is 9.69 Å². The van der Waals surface area contributed by atoms with Gasteiger partial charge in [-0.05, 0) is 60.6 Å². The average molecular weight is 488 g/mol. The maximum atomic E-state index is 12.8. The van der Waals surface area contributed by atoms with Gasteiger partial charge in [0.25, 0.3) is 5.91 Å². The van der Waals surface area contributed by atoms with Crippen molar-refractivity contribution in [2.75, 3.05) is 44.2 Å². The summed E-state index contributed by atoms with van der Waals surface area (Å²) in [6, 6.07) is 8.07. The Balaban J connectivity index is 1.10. The molecule has 2 aromatic rings. The monoisotopic (exact) mass is 487 g/mol. The fourth-order valence-corrected chi connectivity index (χ4v) is 7.73. The van der Waals surface area contributed by atoms with Crippen molar-refractivity contribution < 1.29 is 4.79 Å². The third-order valence-corrected chi connectivity index (χ3v) is 9.30. The van der Waals surface area contributed by atoms with Gasteiger partial charge >= 0.3 is 0 Å². The number of halogens is 1. The second-order valence-electron chi connectivity index (χ2n) is 9.06. The van der Waals surface area contributed by atoms with Gasteiger partial charge in [-0.2, -0.15) is 0 Å². The molecule has 1 aromatic carbocycles. The first-order chi connectivity index (χ1) is 15.6. The van der Waals surface area contributed by atoms with E-state index in [1.165, 1.54) is 35.4 Å². The molecule has 4 nitrogen and oxygen atoms in total. The van der Waals surface area contributed by atoms with Crippen LogP contribution in [-0.2, 0) is 23.4 Å². The Morgan fingerprint density at radius 3 is 2.88 bits per heavy atom. The van der Waals surface area contributed by atoms with E-state index in [4.69, 9.17) is 11.6 Å². The van der Waals surface area contributed by atoms with E-state index in [0.29, 0.717) is 6.54 Å². The first-order valence-electron chi connectivity index (χ1n) is 11.6. The zero-order valence-electron chi connectivity index (χ0n) is 18.5. The van der Waals surface area contributed by atoms with E-state index in [0.717, 1.165) is 54.3 Å². The number of rotatable bonds is 5. The van der Waals surface area contributed by atoms with Gasteiger partial charge in [0.15, 0.2) is 0 Å². The van der Waals surface area contributed by atoms with Gasteiger partial charge in [-0.15, -0.1) is 23.1 Å². The lowest BCUT2D eigenvalue weighted by molar-refractivity contribution is -0.116. The van der Waals surface area contributed by atoms with Crippen LogP contribution in [0, 0.1) is 5.92 Å². The fourth-order valence-electron chi connectivity index (χ4n) is 4.87. The lowest BCUT2D eigenvalue weighted by atomic mass is 9.88. The van der Waals surface area contributed by atoms with Gasteiger partial charge in [-0.25, -0.2) is 0 Å². The normalized spacial score (nSPS) is 21.0. The van der Waals surface area contributed by atoms with Crippen LogP contribution < -0.4 is 10.2 Å². The number of thiophene rings is 1. The van der Waals surface area contributed by atoms with Gasteiger partial charge in [-0.1, -0.05) is 24.6 Å². The van der Waals surface area contributed by atoms with Crippen LogP contribution in [0.15, 0.2) is 29.2 Å². The lowest BCUT2D eigenvalue weighted by Gasteiger charge is -2.36. The van der Waals surface area contributed by atoms with E-state index in [-0.39, 0.29) is 5.91 Å². The van der Waals surface area contributed by atoms with Crippen LogP contribution in [0.4, 0.5) is 5.69 Å². The van der Waals surface area contributed by atoms with E-state index in [1.54, 1.807) is 22.2 Å². The minimum atomic E-state index is 0.0814. The molecule has 1 N–H and O–H groups in total. The van der Waals surface area contributed by atoms with Crippen LogP contribution in [-0.4, -0.2) is 50.1 Å². The molecule has 5 rings (SSSR count). The number of thioether (sulfide) groups is 1. The third kappa shape index (κ3) is 4.89. The molecule has 3 heterocycles. The van der Waals surface area contributed by atoms with Crippen LogP contribution in [0.5, 0.6) is 0 Å². The molecule has 0 spiro atoms. The standard InChI is InChI=1S/C25H30ClN3OS2/c1-17-5-6-20-21-16-31-24(15-23(21)32-22(20)13-17)25(30)27-7-8-28-9-11-29(12-10-28)19-4-2-3-18(26)14-19/h2-4,14-15,17H,5-13,16H2,1H3,(H,27,30)/t17-/m0/s1. The maximum absolute atomic E-state index is 12.8. The highest BCUT2D eigenvalue weighted by Gasteiger charge is 2.27. The number of anilines is 1. The minimum absolute atomic E-state index is 0.0814. The number of benzene rings is 1. The minimum Gasteiger partial charge on any atom is -0.369 e. The zero-order chi connectivity index (χ0) is 22.1. The second kappa shape index (κ2) is 9.80. The Labute approximate surface area is 204 Å². The Morgan fingerprint density at radius 1 is 1.22 bits per heavy atom. The second-order valence-corrected chi connectivity index (χ2v) is 11.6. The Hall–Kier alpha value is -1.47. The van der Waals surface area contributed by atoms with Crippen LogP contribution in [0.1, 0.15) is 34.2 Å². The molecule has 1 saturated heterocycles. The molecule has 32 heavy (non-hydrogen) atoms. The summed E-state index contributed by atoms with van der Waals surface area (Å²) in [5.74, 6) is 1.81. The molecule has 0 saturated carbocycles.